The second-order valence-corrected chi connectivity index (χ2v) is 3.80. The molecule has 0 spiro atoms. The summed E-state index contributed by atoms with van der Waals surface area (Å²) < 4.78 is 5.42. The lowest BCUT2D eigenvalue weighted by atomic mass is 10.1. The molecule has 0 atom stereocenters. The fraction of sp³-hybridized carbons (Fsp3) is 0.273. The van der Waals surface area contributed by atoms with Gasteiger partial charge in [-0.1, -0.05) is 11.6 Å². The highest BCUT2D eigenvalue weighted by Crippen LogP contribution is 2.27. The van der Waals surface area contributed by atoms with Gasteiger partial charge in [0.05, 0.1) is 6.26 Å². The first-order valence-electron chi connectivity index (χ1n) is 4.58. The molecule has 0 bridgehead atoms. The molecule has 2 N–H and O–H groups in total. The van der Waals surface area contributed by atoms with Crippen LogP contribution in [0.4, 0.5) is 0 Å². The molecule has 1 aromatic heterocycles. The molecule has 0 aliphatic heterocycles. The average Bonchev–Trinajstić information content (AvgIpc) is 2.51. The Morgan fingerprint density at radius 2 is 2.21 bits per heavy atom. The highest BCUT2D eigenvalue weighted by atomic mass is 35.5. The fourth-order valence-electron chi connectivity index (χ4n) is 1.55. The molecule has 2 nitrogen and oxygen atoms in total. The summed E-state index contributed by atoms with van der Waals surface area (Å²) >= 11 is 6.04. The van der Waals surface area contributed by atoms with E-state index in [1.54, 1.807) is 6.26 Å². The second kappa shape index (κ2) is 3.64. The number of fused-ring (bicyclic) bond motifs is 1. The van der Waals surface area contributed by atoms with Crippen LogP contribution >= 0.6 is 11.6 Å². The third-order valence-corrected chi connectivity index (χ3v) is 2.76. The van der Waals surface area contributed by atoms with E-state index in [1.807, 2.05) is 19.1 Å². The Kier molecular flexibility index (Phi) is 2.48. The Morgan fingerprint density at radius 1 is 1.43 bits per heavy atom. The van der Waals surface area contributed by atoms with Gasteiger partial charge >= 0.3 is 0 Å². The van der Waals surface area contributed by atoms with E-state index in [9.17, 15) is 0 Å². The first-order valence-corrected chi connectivity index (χ1v) is 4.96. The van der Waals surface area contributed by atoms with E-state index < -0.39 is 0 Å². The molecule has 3 heteroatoms. The summed E-state index contributed by atoms with van der Waals surface area (Å²) in [5, 5.41) is 1.85. The van der Waals surface area contributed by atoms with Crippen LogP contribution in [0.15, 0.2) is 22.8 Å². The summed E-state index contributed by atoms with van der Waals surface area (Å²) in [6.07, 6.45) is 2.58. The van der Waals surface area contributed by atoms with Gasteiger partial charge in [0.1, 0.15) is 5.58 Å². The van der Waals surface area contributed by atoms with E-state index in [2.05, 4.69) is 0 Å². The molecule has 1 aromatic carbocycles. The quantitative estimate of drug-likeness (QED) is 0.826. The fourth-order valence-corrected chi connectivity index (χ4v) is 1.71. The molecular formula is C11H12ClNO. The number of rotatable bonds is 2. The lowest BCUT2D eigenvalue weighted by Gasteiger charge is -1.98. The Morgan fingerprint density at radius 3 is 2.93 bits per heavy atom. The second-order valence-electron chi connectivity index (χ2n) is 3.40. The maximum absolute atomic E-state index is 6.04. The lowest BCUT2D eigenvalue weighted by Crippen LogP contribution is -2.01. The van der Waals surface area contributed by atoms with E-state index in [4.69, 9.17) is 21.8 Å². The van der Waals surface area contributed by atoms with Crippen LogP contribution in [0, 0.1) is 6.92 Å². The van der Waals surface area contributed by atoms with Crippen LogP contribution in [0.3, 0.4) is 0 Å². The number of hydrogen-bond acceptors (Lipinski definition) is 2. The van der Waals surface area contributed by atoms with Crippen LogP contribution < -0.4 is 5.73 Å². The third-order valence-electron chi connectivity index (χ3n) is 2.35. The van der Waals surface area contributed by atoms with E-state index in [1.165, 1.54) is 0 Å². The van der Waals surface area contributed by atoms with E-state index in [0.717, 1.165) is 33.5 Å². The van der Waals surface area contributed by atoms with Crippen LogP contribution in [0.25, 0.3) is 11.0 Å². The summed E-state index contributed by atoms with van der Waals surface area (Å²) in [5.41, 5.74) is 8.55. The minimum atomic E-state index is 0.625. The molecule has 0 aliphatic rings. The van der Waals surface area contributed by atoms with Gasteiger partial charge in [-0.2, -0.15) is 0 Å². The van der Waals surface area contributed by atoms with Crippen molar-refractivity contribution in [1.82, 2.24) is 0 Å². The number of benzene rings is 1. The monoisotopic (exact) mass is 209 g/mol. The van der Waals surface area contributed by atoms with Gasteiger partial charge in [0.2, 0.25) is 0 Å². The Hall–Kier alpha value is -0.990. The highest BCUT2D eigenvalue weighted by molar-refractivity contribution is 6.32. The lowest BCUT2D eigenvalue weighted by molar-refractivity contribution is 0.610. The maximum atomic E-state index is 6.04. The normalized spacial score (nSPS) is 11.1. The first-order chi connectivity index (χ1) is 6.72. The zero-order valence-electron chi connectivity index (χ0n) is 8.01. The first kappa shape index (κ1) is 9.56. The minimum Gasteiger partial charge on any atom is -0.464 e. The standard InChI is InChI=1S/C11H12ClNO/c1-7-4-11-9(5-10(7)12)8(2-3-13)6-14-11/h4-6H,2-3,13H2,1H3. The predicted octanol–water partition coefficient (Wildman–Crippen LogP) is 2.90. The molecule has 2 rings (SSSR count). The Balaban J connectivity index is 2.61. The molecule has 0 unspecified atom stereocenters. The SMILES string of the molecule is Cc1cc2occ(CCN)c2cc1Cl. The minimum absolute atomic E-state index is 0.625. The van der Waals surface area contributed by atoms with Crippen molar-refractivity contribution in [2.45, 2.75) is 13.3 Å². The molecular weight excluding hydrogens is 198 g/mol. The van der Waals surface area contributed by atoms with Gasteiger partial charge in [-0.15, -0.1) is 0 Å². The summed E-state index contributed by atoms with van der Waals surface area (Å²) in [6, 6.07) is 3.90. The van der Waals surface area contributed by atoms with Gasteiger partial charge < -0.3 is 10.2 Å². The van der Waals surface area contributed by atoms with Crippen molar-refractivity contribution in [3.8, 4) is 0 Å². The maximum Gasteiger partial charge on any atom is 0.134 e. The van der Waals surface area contributed by atoms with Crippen molar-refractivity contribution < 1.29 is 4.42 Å². The highest BCUT2D eigenvalue weighted by Gasteiger charge is 2.07. The van der Waals surface area contributed by atoms with Gasteiger partial charge in [-0.25, -0.2) is 0 Å². The van der Waals surface area contributed by atoms with Crippen molar-refractivity contribution in [1.29, 1.82) is 0 Å². The average molecular weight is 210 g/mol. The number of halogens is 1. The van der Waals surface area contributed by atoms with E-state index >= 15 is 0 Å². The molecule has 0 saturated heterocycles. The predicted molar refractivity (Wildman–Crippen MR) is 58.7 cm³/mol. The summed E-state index contributed by atoms with van der Waals surface area (Å²) in [7, 11) is 0. The van der Waals surface area contributed by atoms with Crippen LogP contribution in [-0.4, -0.2) is 6.54 Å². The van der Waals surface area contributed by atoms with Gasteiger partial charge in [-0.05, 0) is 43.1 Å². The zero-order chi connectivity index (χ0) is 10.1. The number of hydrogen-bond donors (Lipinski definition) is 1. The number of furan rings is 1. The van der Waals surface area contributed by atoms with Crippen LogP contribution in [0.5, 0.6) is 0 Å². The zero-order valence-corrected chi connectivity index (χ0v) is 8.77. The van der Waals surface area contributed by atoms with E-state index in [-0.39, 0.29) is 0 Å². The van der Waals surface area contributed by atoms with Crippen molar-refractivity contribution in [2.24, 2.45) is 5.73 Å². The van der Waals surface area contributed by atoms with Crippen LogP contribution in [-0.2, 0) is 6.42 Å². The van der Waals surface area contributed by atoms with Gasteiger partial charge in [0.25, 0.3) is 0 Å². The molecule has 0 saturated carbocycles. The Labute approximate surface area is 87.6 Å². The Bertz CT molecular complexity index is 462. The molecule has 74 valence electrons. The van der Waals surface area contributed by atoms with Crippen molar-refractivity contribution in [3.05, 3.63) is 34.5 Å². The topological polar surface area (TPSA) is 39.2 Å². The molecule has 0 aliphatic carbocycles. The van der Waals surface area contributed by atoms with Crippen LogP contribution in [0.2, 0.25) is 5.02 Å². The van der Waals surface area contributed by atoms with Gasteiger partial charge in [0, 0.05) is 10.4 Å². The van der Waals surface area contributed by atoms with Crippen molar-refractivity contribution in [3.63, 3.8) is 0 Å². The largest absolute Gasteiger partial charge is 0.464 e. The molecule has 0 amide bonds. The summed E-state index contributed by atoms with van der Waals surface area (Å²) in [5.74, 6) is 0. The molecule has 2 aromatic rings. The summed E-state index contributed by atoms with van der Waals surface area (Å²) in [6.45, 7) is 2.59. The molecule has 1 heterocycles. The summed E-state index contributed by atoms with van der Waals surface area (Å²) in [4.78, 5) is 0. The van der Waals surface area contributed by atoms with E-state index in [0.29, 0.717) is 6.54 Å². The molecule has 14 heavy (non-hydrogen) atoms. The van der Waals surface area contributed by atoms with Gasteiger partial charge in [0.15, 0.2) is 0 Å². The van der Waals surface area contributed by atoms with Crippen molar-refractivity contribution >= 4 is 22.6 Å². The molecule has 0 fully saturated rings. The van der Waals surface area contributed by atoms with Crippen LogP contribution in [0.1, 0.15) is 11.1 Å². The molecule has 0 radical (unpaired) electrons. The smallest absolute Gasteiger partial charge is 0.134 e. The number of aryl methyl sites for hydroxylation is 1. The number of nitrogens with two attached hydrogens (primary N) is 1. The third kappa shape index (κ3) is 1.51. The van der Waals surface area contributed by atoms with Gasteiger partial charge in [-0.3, -0.25) is 0 Å². The van der Waals surface area contributed by atoms with Crippen molar-refractivity contribution in [2.75, 3.05) is 6.54 Å².